The molecule has 1 fully saturated rings. The number of carboxylic acid groups (broad SMARTS) is 1. The molecule has 14 heteroatoms. The summed E-state index contributed by atoms with van der Waals surface area (Å²) in [5, 5.41) is 13.6. The first kappa shape index (κ1) is 27.7. The van der Waals surface area contributed by atoms with Gasteiger partial charge in [-0.25, -0.2) is 27.9 Å². The fraction of sp³-hybridized carbons (Fsp3) is 0.261. The van der Waals surface area contributed by atoms with E-state index in [9.17, 15) is 21.6 Å². The number of nitrogens with zero attached hydrogens (tertiary/aromatic N) is 3. The highest BCUT2D eigenvalue weighted by Gasteiger charge is 2.38. The fourth-order valence-electron chi connectivity index (χ4n) is 3.40. The van der Waals surface area contributed by atoms with E-state index < -0.39 is 22.2 Å². The summed E-state index contributed by atoms with van der Waals surface area (Å²) in [6.45, 7) is 2.18. The van der Waals surface area contributed by atoms with Crippen LogP contribution in [0.3, 0.4) is 0 Å². The predicted molar refractivity (Wildman–Crippen MR) is 133 cm³/mol. The van der Waals surface area contributed by atoms with Crippen molar-refractivity contribution in [2.45, 2.75) is 23.9 Å². The topological polar surface area (TPSA) is 137 Å². The maximum absolute atomic E-state index is 12.0. The molecule has 1 aromatic heterocycles. The fourth-order valence-corrected chi connectivity index (χ4v) is 4.18. The van der Waals surface area contributed by atoms with Gasteiger partial charge >= 0.3 is 12.1 Å². The average Bonchev–Trinajstić information content (AvgIpc) is 3.40. The third-order valence-corrected chi connectivity index (χ3v) is 6.60. The first-order valence-corrected chi connectivity index (χ1v) is 12.5. The number of alkyl halides is 3. The van der Waals surface area contributed by atoms with Crippen molar-refractivity contribution in [2.75, 3.05) is 35.7 Å². The second kappa shape index (κ2) is 11.9. The number of nitrogens with one attached hydrogen (secondary N) is 3. The third-order valence-electron chi connectivity index (χ3n) is 5.18. The van der Waals surface area contributed by atoms with Crippen LogP contribution in [0, 0.1) is 0 Å². The number of aromatic nitrogens is 2. The van der Waals surface area contributed by atoms with E-state index in [2.05, 4.69) is 42.4 Å². The van der Waals surface area contributed by atoms with Crippen LogP contribution in [0.15, 0.2) is 65.8 Å². The van der Waals surface area contributed by atoms with E-state index in [-0.39, 0.29) is 4.90 Å². The summed E-state index contributed by atoms with van der Waals surface area (Å²) in [5.74, 6) is -1.56. The molecule has 2 heterocycles. The number of benzene rings is 2. The van der Waals surface area contributed by atoms with Gasteiger partial charge in [-0.2, -0.15) is 13.2 Å². The van der Waals surface area contributed by atoms with Gasteiger partial charge in [-0.3, -0.25) is 0 Å². The summed E-state index contributed by atoms with van der Waals surface area (Å²) in [4.78, 5) is 20.0. The van der Waals surface area contributed by atoms with Crippen molar-refractivity contribution in [3.63, 3.8) is 0 Å². The Bertz CT molecular complexity index is 1330. The normalized spacial score (nSPS) is 13.5. The van der Waals surface area contributed by atoms with Crippen LogP contribution in [0.1, 0.15) is 12.8 Å². The molecule has 0 amide bonds. The summed E-state index contributed by atoms with van der Waals surface area (Å²) in [7, 11) is -2.13. The molecule has 0 spiro atoms. The number of sulfonamides is 1. The molecule has 0 radical (unpaired) electrons. The SMILES string of the molecule is CNS(=O)(=O)c1cccc(Nc2cc(Nc3cccc(N4CCCC4)c3)ncn2)c1.O=C(O)C(F)(F)F. The number of hydrogen-bond acceptors (Lipinski definition) is 8. The van der Waals surface area contributed by atoms with Crippen LogP contribution in [0.4, 0.5) is 41.9 Å². The Morgan fingerprint density at radius 3 is 2.03 bits per heavy atom. The monoisotopic (exact) mass is 538 g/mol. The molecule has 0 aliphatic carbocycles. The zero-order valence-corrected chi connectivity index (χ0v) is 20.5. The van der Waals surface area contributed by atoms with Crippen molar-refractivity contribution in [1.82, 2.24) is 14.7 Å². The number of carboxylic acids is 1. The second-order valence-corrected chi connectivity index (χ2v) is 9.71. The molecule has 0 bridgehead atoms. The maximum atomic E-state index is 12.0. The van der Waals surface area contributed by atoms with Crippen molar-refractivity contribution in [1.29, 1.82) is 0 Å². The lowest BCUT2D eigenvalue weighted by Gasteiger charge is -2.18. The lowest BCUT2D eigenvalue weighted by Crippen LogP contribution is -2.21. The van der Waals surface area contributed by atoms with Crippen LogP contribution in [0.25, 0.3) is 0 Å². The highest BCUT2D eigenvalue weighted by molar-refractivity contribution is 7.89. The lowest BCUT2D eigenvalue weighted by atomic mass is 10.2. The minimum atomic E-state index is -5.08. The van der Waals surface area contributed by atoms with Crippen molar-refractivity contribution in [2.24, 2.45) is 0 Å². The zero-order valence-electron chi connectivity index (χ0n) is 19.7. The Morgan fingerprint density at radius 1 is 0.946 bits per heavy atom. The molecule has 0 atom stereocenters. The van der Waals surface area contributed by atoms with Crippen molar-refractivity contribution >= 4 is 44.7 Å². The molecule has 1 saturated heterocycles. The van der Waals surface area contributed by atoms with E-state index in [1.54, 1.807) is 24.3 Å². The molecule has 3 aromatic rings. The van der Waals surface area contributed by atoms with E-state index in [1.807, 2.05) is 12.1 Å². The highest BCUT2D eigenvalue weighted by Crippen LogP contribution is 2.26. The molecular formula is C23H25F3N6O4S. The van der Waals surface area contributed by atoms with Crippen LogP contribution in [0.5, 0.6) is 0 Å². The standard InChI is InChI=1S/C21H24N6O2S.C2HF3O2/c1-22-30(28,29)19-9-5-7-17(13-19)26-21-14-20(23-15-24-21)25-16-6-4-8-18(12-16)27-10-2-3-11-27;3-2(4,5)1(6)7/h4-9,12-15,22H,2-3,10-11H2,1H3,(H2,23,24,25,26);(H,6,7). The summed E-state index contributed by atoms with van der Waals surface area (Å²) < 4.78 is 58.1. The Morgan fingerprint density at radius 2 is 1.49 bits per heavy atom. The van der Waals surface area contributed by atoms with Gasteiger partial charge in [0.25, 0.3) is 0 Å². The average molecular weight is 539 g/mol. The van der Waals surface area contributed by atoms with E-state index in [0.717, 1.165) is 18.8 Å². The number of carbonyl (C=O) groups is 1. The molecule has 37 heavy (non-hydrogen) atoms. The summed E-state index contributed by atoms with van der Waals surface area (Å²) in [6, 6.07) is 16.6. The van der Waals surface area contributed by atoms with Gasteiger partial charge in [0.05, 0.1) is 4.90 Å². The Balaban J connectivity index is 0.000000479. The first-order valence-electron chi connectivity index (χ1n) is 11.0. The molecule has 198 valence electrons. The van der Waals surface area contributed by atoms with Crippen LogP contribution in [-0.4, -0.2) is 55.8 Å². The van der Waals surface area contributed by atoms with Gasteiger partial charge in [0.1, 0.15) is 18.0 Å². The largest absolute Gasteiger partial charge is 0.490 e. The first-order chi connectivity index (χ1) is 17.5. The van der Waals surface area contributed by atoms with Crippen LogP contribution >= 0.6 is 0 Å². The number of rotatable bonds is 7. The van der Waals surface area contributed by atoms with Crippen LogP contribution in [-0.2, 0) is 14.8 Å². The summed E-state index contributed by atoms with van der Waals surface area (Å²) >= 11 is 0. The summed E-state index contributed by atoms with van der Waals surface area (Å²) in [5.41, 5.74) is 2.77. The third kappa shape index (κ3) is 8.05. The molecule has 0 unspecified atom stereocenters. The van der Waals surface area contributed by atoms with Gasteiger partial charge in [0, 0.05) is 36.2 Å². The van der Waals surface area contributed by atoms with Crippen LogP contribution in [0.2, 0.25) is 0 Å². The molecule has 4 N–H and O–H groups in total. The Hall–Kier alpha value is -3.91. The molecule has 4 rings (SSSR count). The van der Waals surface area contributed by atoms with Crippen molar-refractivity contribution in [3.05, 3.63) is 60.9 Å². The Labute approximate surface area is 211 Å². The van der Waals surface area contributed by atoms with Gasteiger partial charge in [-0.05, 0) is 56.3 Å². The van der Waals surface area contributed by atoms with E-state index >= 15 is 0 Å². The molecule has 0 saturated carbocycles. The lowest BCUT2D eigenvalue weighted by molar-refractivity contribution is -0.192. The predicted octanol–water partition coefficient (Wildman–Crippen LogP) is 4.11. The van der Waals surface area contributed by atoms with Crippen molar-refractivity contribution < 1.29 is 31.5 Å². The smallest absolute Gasteiger partial charge is 0.475 e. The quantitative estimate of drug-likeness (QED) is 0.350. The van der Waals surface area contributed by atoms with Crippen molar-refractivity contribution in [3.8, 4) is 0 Å². The number of halogens is 3. The van der Waals surface area contributed by atoms with Crippen LogP contribution < -0.4 is 20.3 Å². The number of anilines is 5. The molecule has 10 nitrogen and oxygen atoms in total. The summed E-state index contributed by atoms with van der Waals surface area (Å²) in [6.07, 6.45) is -1.16. The van der Waals surface area contributed by atoms with Gasteiger partial charge < -0.3 is 20.6 Å². The van der Waals surface area contributed by atoms with Gasteiger partial charge in [-0.15, -0.1) is 0 Å². The van der Waals surface area contributed by atoms with Gasteiger partial charge in [0.2, 0.25) is 10.0 Å². The Kier molecular flexibility index (Phi) is 8.89. The van der Waals surface area contributed by atoms with E-state index in [0.29, 0.717) is 17.3 Å². The molecule has 1 aliphatic rings. The van der Waals surface area contributed by atoms with Gasteiger partial charge in [-0.1, -0.05) is 12.1 Å². The van der Waals surface area contributed by atoms with E-state index in [1.165, 1.54) is 38.0 Å². The molecule has 1 aliphatic heterocycles. The van der Waals surface area contributed by atoms with E-state index in [4.69, 9.17) is 9.90 Å². The molecule has 2 aromatic carbocycles. The second-order valence-electron chi connectivity index (χ2n) is 7.82. The number of aliphatic carboxylic acids is 1. The zero-order chi connectivity index (χ0) is 27.1. The minimum absolute atomic E-state index is 0.182. The minimum Gasteiger partial charge on any atom is -0.475 e. The highest BCUT2D eigenvalue weighted by atomic mass is 32.2. The number of hydrogen-bond donors (Lipinski definition) is 4. The molecular weight excluding hydrogens is 513 g/mol. The van der Waals surface area contributed by atoms with Gasteiger partial charge in [0.15, 0.2) is 0 Å². The maximum Gasteiger partial charge on any atom is 0.490 e.